The second-order valence-electron chi connectivity index (χ2n) is 3.97. The number of carbonyl (C=O) groups is 1. The number of pyridine rings is 1. The quantitative estimate of drug-likeness (QED) is 0.880. The van der Waals surface area contributed by atoms with Crippen LogP contribution in [0.15, 0.2) is 18.5 Å². The maximum absolute atomic E-state index is 12.8. The topological polar surface area (TPSA) is 54.9 Å². The number of nitrogens with zero attached hydrogens (tertiary/aromatic N) is 2. The third-order valence-corrected chi connectivity index (χ3v) is 3.62. The lowest BCUT2D eigenvalue weighted by Crippen LogP contribution is -2.12. The molecule has 20 heavy (non-hydrogen) atoms. The first-order valence-corrected chi connectivity index (χ1v) is 6.40. The minimum atomic E-state index is -4.42. The van der Waals surface area contributed by atoms with Gasteiger partial charge in [-0.1, -0.05) is 11.3 Å². The highest BCUT2D eigenvalue weighted by atomic mass is 32.1. The van der Waals surface area contributed by atoms with Gasteiger partial charge in [-0.05, 0) is 13.0 Å². The van der Waals surface area contributed by atoms with Crippen LogP contribution < -0.4 is 5.32 Å². The van der Waals surface area contributed by atoms with Gasteiger partial charge >= 0.3 is 6.18 Å². The third-order valence-electron chi connectivity index (χ3n) is 2.58. The SMILES string of the molecule is Cc1nc(NCc2cnccc2C(F)(F)F)sc1C=O. The Hall–Kier alpha value is -1.96. The van der Waals surface area contributed by atoms with Crippen LogP contribution in [-0.2, 0) is 12.7 Å². The minimum Gasteiger partial charge on any atom is -0.357 e. The number of hydrogen-bond donors (Lipinski definition) is 1. The van der Waals surface area contributed by atoms with Crippen molar-refractivity contribution in [2.24, 2.45) is 0 Å². The van der Waals surface area contributed by atoms with Gasteiger partial charge in [0.05, 0.1) is 16.1 Å². The number of alkyl halides is 3. The number of hydrogen-bond acceptors (Lipinski definition) is 5. The average Bonchev–Trinajstić information content (AvgIpc) is 2.76. The van der Waals surface area contributed by atoms with Crippen molar-refractivity contribution >= 4 is 22.8 Å². The van der Waals surface area contributed by atoms with Crippen molar-refractivity contribution in [1.29, 1.82) is 0 Å². The first-order chi connectivity index (χ1) is 9.41. The van der Waals surface area contributed by atoms with Gasteiger partial charge in [0.1, 0.15) is 0 Å². The Morgan fingerprint density at radius 2 is 2.20 bits per heavy atom. The van der Waals surface area contributed by atoms with E-state index in [9.17, 15) is 18.0 Å². The summed E-state index contributed by atoms with van der Waals surface area (Å²) in [5.41, 5.74) is -0.154. The summed E-state index contributed by atoms with van der Waals surface area (Å²) in [6.45, 7) is 1.60. The number of halogens is 3. The zero-order valence-electron chi connectivity index (χ0n) is 10.4. The molecular formula is C12H10F3N3OS. The van der Waals surface area contributed by atoms with Crippen LogP contribution in [0.25, 0.3) is 0 Å². The summed E-state index contributed by atoms with van der Waals surface area (Å²) in [5.74, 6) is 0. The fraction of sp³-hybridized carbons (Fsp3) is 0.250. The molecule has 8 heteroatoms. The van der Waals surface area contributed by atoms with E-state index >= 15 is 0 Å². The molecule has 0 aliphatic rings. The Bertz CT molecular complexity index is 625. The van der Waals surface area contributed by atoms with Crippen LogP contribution in [0, 0.1) is 6.92 Å². The van der Waals surface area contributed by atoms with E-state index in [1.54, 1.807) is 6.92 Å². The van der Waals surface area contributed by atoms with Gasteiger partial charge in [0.2, 0.25) is 0 Å². The van der Waals surface area contributed by atoms with Crippen LogP contribution >= 0.6 is 11.3 Å². The van der Waals surface area contributed by atoms with E-state index in [0.29, 0.717) is 22.0 Å². The molecule has 0 atom stereocenters. The molecule has 2 aromatic rings. The predicted molar refractivity (Wildman–Crippen MR) is 68.8 cm³/mol. The number of carbonyl (C=O) groups excluding carboxylic acids is 1. The van der Waals surface area contributed by atoms with E-state index < -0.39 is 11.7 Å². The van der Waals surface area contributed by atoms with Gasteiger partial charge in [-0.15, -0.1) is 0 Å². The summed E-state index contributed by atoms with van der Waals surface area (Å²) in [6.07, 6.45) is -1.49. The Balaban J connectivity index is 2.17. The van der Waals surface area contributed by atoms with Crippen LogP contribution in [0.2, 0.25) is 0 Å². The van der Waals surface area contributed by atoms with Crippen molar-refractivity contribution in [3.63, 3.8) is 0 Å². The number of aldehydes is 1. The molecule has 0 saturated heterocycles. The monoisotopic (exact) mass is 301 g/mol. The van der Waals surface area contributed by atoms with Gasteiger partial charge in [0, 0.05) is 24.5 Å². The van der Waals surface area contributed by atoms with Crippen molar-refractivity contribution in [2.75, 3.05) is 5.32 Å². The first kappa shape index (κ1) is 14.4. The molecule has 0 aliphatic carbocycles. The maximum Gasteiger partial charge on any atom is 0.416 e. The molecule has 0 radical (unpaired) electrons. The summed E-state index contributed by atoms with van der Waals surface area (Å²) in [6, 6.07) is 0.932. The zero-order valence-corrected chi connectivity index (χ0v) is 11.2. The Morgan fingerprint density at radius 3 is 2.80 bits per heavy atom. The largest absolute Gasteiger partial charge is 0.416 e. The number of aromatic nitrogens is 2. The van der Waals surface area contributed by atoms with Crippen molar-refractivity contribution in [3.8, 4) is 0 Å². The molecule has 0 amide bonds. The normalized spacial score (nSPS) is 11.4. The minimum absolute atomic E-state index is 0.0282. The van der Waals surface area contributed by atoms with Gasteiger partial charge in [0.25, 0.3) is 0 Å². The molecule has 0 aromatic carbocycles. The predicted octanol–water partition coefficient (Wildman–Crippen LogP) is 3.29. The standard InChI is InChI=1S/C12H10F3N3OS/c1-7-10(6-19)20-11(18-7)17-5-8-4-16-3-2-9(8)12(13,14)15/h2-4,6H,5H2,1H3,(H,17,18). The Kier molecular flexibility index (Phi) is 4.03. The smallest absolute Gasteiger partial charge is 0.357 e. The molecule has 0 saturated carbocycles. The molecule has 2 aromatic heterocycles. The molecule has 0 bridgehead atoms. The lowest BCUT2D eigenvalue weighted by atomic mass is 10.1. The van der Waals surface area contributed by atoms with Gasteiger partial charge in [-0.3, -0.25) is 9.78 Å². The van der Waals surface area contributed by atoms with E-state index in [0.717, 1.165) is 29.8 Å². The zero-order chi connectivity index (χ0) is 14.8. The fourth-order valence-corrected chi connectivity index (χ4v) is 2.39. The fourth-order valence-electron chi connectivity index (χ4n) is 1.61. The molecule has 2 heterocycles. The van der Waals surface area contributed by atoms with E-state index in [2.05, 4.69) is 15.3 Å². The summed E-state index contributed by atoms with van der Waals surface area (Å²) >= 11 is 1.10. The molecule has 0 spiro atoms. The summed E-state index contributed by atoms with van der Waals surface area (Å²) in [7, 11) is 0. The summed E-state index contributed by atoms with van der Waals surface area (Å²) in [4.78, 5) is 18.9. The highest BCUT2D eigenvalue weighted by molar-refractivity contribution is 7.17. The number of nitrogens with one attached hydrogen (secondary N) is 1. The molecule has 1 N–H and O–H groups in total. The Morgan fingerprint density at radius 1 is 1.45 bits per heavy atom. The summed E-state index contributed by atoms with van der Waals surface area (Å²) in [5, 5.41) is 3.18. The van der Waals surface area contributed by atoms with Crippen LogP contribution in [0.3, 0.4) is 0 Å². The molecule has 4 nitrogen and oxygen atoms in total. The van der Waals surface area contributed by atoms with Gasteiger partial charge in [-0.25, -0.2) is 4.98 Å². The van der Waals surface area contributed by atoms with Crippen molar-refractivity contribution in [1.82, 2.24) is 9.97 Å². The van der Waals surface area contributed by atoms with Crippen LogP contribution in [0.4, 0.5) is 18.3 Å². The number of rotatable bonds is 4. The number of aryl methyl sites for hydroxylation is 1. The number of anilines is 1. The van der Waals surface area contributed by atoms with E-state index in [1.807, 2.05) is 0 Å². The third kappa shape index (κ3) is 3.13. The first-order valence-electron chi connectivity index (χ1n) is 5.58. The van der Waals surface area contributed by atoms with E-state index in [1.165, 1.54) is 0 Å². The molecule has 106 valence electrons. The lowest BCUT2D eigenvalue weighted by molar-refractivity contribution is -0.138. The van der Waals surface area contributed by atoms with Crippen LogP contribution in [0.1, 0.15) is 26.5 Å². The lowest BCUT2D eigenvalue weighted by Gasteiger charge is -2.12. The van der Waals surface area contributed by atoms with Gasteiger partial charge < -0.3 is 5.32 Å². The van der Waals surface area contributed by atoms with E-state index in [4.69, 9.17) is 0 Å². The van der Waals surface area contributed by atoms with Gasteiger partial charge in [0.15, 0.2) is 11.4 Å². The molecule has 0 aliphatic heterocycles. The molecular weight excluding hydrogens is 291 g/mol. The average molecular weight is 301 g/mol. The number of thiazole rings is 1. The maximum atomic E-state index is 12.8. The van der Waals surface area contributed by atoms with Crippen molar-refractivity contribution in [3.05, 3.63) is 40.2 Å². The van der Waals surface area contributed by atoms with Crippen molar-refractivity contribution in [2.45, 2.75) is 19.6 Å². The Labute approximate surface area is 116 Å². The second kappa shape index (κ2) is 5.58. The van der Waals surface area contributed by atoms with Crippen molar-refractivity contribution < 1.29 is 18.0 Å². The highest BCUT2D eigenvalue weighted by Crippen LogP contribution is 2.32. The molecule has 2 rings (SSSR count). The van der Waals surface area contributed by atoms with E-state index in [-0.39, 0.29) is 12.1 Å². The molecule has 0 fully saturated rings. The highest BCUT2D eigenvalue weighted by Gasteiger charge is 2.33. The van der Waals surface area contributed by atoms with Crippen LogP contribution in [0.5, 0.6) is 0 Å². The molecule has 0 unspecified atom stereocenters. The summed E-state index contributed by atoms with van der Waals surface area (Å²) < 4.78 is 38.3. The van der Waals surface area contributed by atoms with Gasteiger partial charge in [-0.2, -0.15) is 13.2 Å². The second-order valence-corrected chi connectivity index (χ2v) is 5.00. The van der Waals surface area contributed by atoms with Crippen LogP contribution in [-0.4, -0.2) is 16.3 Å².